The molecule has 1 amide bonds. The third-order valence-corrected chi connectivity index (χ3v) is 4.18. The maximum atomic E-state index is 12.0. The highest BCUT2D eigenvalue weighted by Crippen LogP contribution is 2.32. The Labute approximate surface area is 92.3 Å². The number of allylic oxidation sites excluding steroid dienone is 1. The highest BCUT2D eigenvalue weighted by Gasteiger charge is 2.36. The summed E-state index contributed by atoms with van der Waals surface area (Å²) >= 11 is 0. The highest BCUT2D eigenvalue weighted by atomic mass is 32.2. The zero-order valence-corrected chi connectivity index (χ0v) is 9.21. The summed E-state index contributed by atoms with van der Waals surface area (Å²) in [5, 5.41) is 11.7. The number of aliphatic hydroxyl groups is 1. The molecule has 0 spiro atoms. The van der Waals surface area contributed by atoms with Crippen molar-refractivity contribution in [1.29, 1.82) is 0 Å². The fourth-order valence-electron chi connectivity index (χ4n) is 1.57. The molecular weight excluding hydrogens is 230 g/mol. The van der Waals surface area contributed by atoms with Crippen molar-refractivity contribution in [2.24, 2.45) is 0 Å². The number of amides is 1. The predicted octanol–water partition coefficient (Wildman–Crippen LogP) is 1.20. The first-order valence-electron chi connectivity index (χ1n) is 4.50. The molecule has 0 aromatic heterocycles. The van der Waals surface area contributed by atoms with Gasteiger partial charge in [0.15, 0.2) is 4.91 Å². The van der Waals surface area contributed by atoms with Gasteiger partial charge in [-0.25, -0.2) is 8.42 Å². The minimum absolute atomic E-state index is 0.00185. The van der Waals surface area contributed by atoms with Crippen LogP contribution in [0.1, 0.15) is 6.92 Å². The van der Waals surface area contributed by atoms with Gasteiger partial charge in [-0.3, -0.25) is 4.79 Å². The fraction of sp³-hybridized carbons (Fsp3) is 0.100. The van der Waals surface area contributed by atoms with Gasteiger partial charge in [0, 0.05) is 0 Å². The van der Waals surface area contributed by atoms with Gasteiger partial charge in [-0.2, -0.15) is 0 Å². The van der Waals surface area contributed by atoms with E-state index in [2.05, 4.69) is 5.32 Å². The van der Waals surface area contributed by atoms with E-state index in [1.165, 1.54) is 19.1 Å². The number of aliphatic hydroxyl groups excluding tert-OH is 1. The van der Waals surface area contributed by atoms with Crippen LogP contribution in [0, 0.1) is 0 Å². The zero-order chi connectivity index (χ0) is 11.9. The normalized spacial score (nSPS) is 20.9. The second-order valence-electron chi connectivity index (χ2n) is 3.37. The average molecular weight is 239 g/mol. The Kier molecular flexibility index (Phi) is 2.23. The second-order valence-corrected chi connectivity index (χ2v) is 5.22. The van der Waals surface area contributed by atoms with Crippen LogP contribution in [0.4, 0.5) is 5.69 Å². The first-order valence-corrected chi connectivity index (χ1v) is 5.98. The summed E-state index contributed by atoms with van der Waals surface area (Å²) in [6.07, 6.45) is 0. The van der Waals surface area contributed by atoms with E-state index in [9.17, 15) is 18.3 Å². The van der Waals surface area contributed by atoms with Crippen molar-refractivity contribution in [2.75, 3.05) is 5.32 Å². The number of rotatable bonds is 0. The van der Waals surface area contributed by atoms with E-state index in [1.54, 1.807) is 12.1 Å². The van der Waals surface area contributed by atoms with Gasteiger partial charge in [0.2, 0.25) is 9.84 Å². The molecule has 0 radical (unpaired) electrons. The summed E-state index contributed by atoms with van der Waals surface area (Å²) in [6, 6.07) is 6.05. The number of hydrogen-bond acceptors (Lipinski definition) is 4. The number of carbonyl (C=O) groups is 1. The Balaban J connectivity index is 2.81. The van der Waals surface area contributed by atoms with Gasteiger partial charge in [0.1, 0.15) is 5.76 Å². The van der Waals surface area contributed by atoms with E-state index in [0.717, 1.165) is 0 Å². The zero-order valence-electron chi connectivity index (χ0n) is 8.39. The van der Waals surface area contributed by atoms with Crippen molar-refractivity contribution in [1.82, 2.24) is 0 Å². The largest absolute Gasteiger partial charge is 0.511 e. The van der Waals surface area contributed by atoms with Gasteiger partial charge < -0.3 is 10.4 Å². The van der Waals surface area contributed by atoms with Crippen molar-refractivity contribution in [2.45, 2.75) is 11.8 Å². The van der Waals surface area contributed by atoms with Crippen LogP contribution in [0.5, 0.6) is 0 Å². The molecule has 0 saturated carbocycles. The molecule has 0 atom stereocenters. The van der Waals surface area contributed by atoms with Crippen LogP contribution in [-0.4, -0.2) is 19.4 Å². The molecule has 0 bridgehead atoms. The van der Waals surface area contributed by atoms with Crippen LogP contribution in [0.2, 0.25) is 0 Å². The lowest BCUT2D eigenvalue weighted by atomic mass is 10.3. The van der Waals surface area contributed by atoms with E-state index in [-0.39, 0.29) is 10.6 Å². The number of para-hydroxylation sites is 1. The first kappa shape index (κ1) is 10.7. The van der Waals surface area contributed by atoms with Crippen LogP contribution in [0.3, 0.4) is 0 Å². The van der Waals surface area contributed by atoms with Gasteiger partial charge in [-0.05, 0) is 19.1 Å². The molecule has 0 aliphatic carbocycles. The van der Waals surface area contributed by atoms with Crippen LogP contribution >= 0.6 is 0 Å². The van der Waals surface area contributed by atoms with Gasteiger partial charge in [0.25, 0.3) is 5.91 Å². The Hall–Kier alpha value is -1.82. The fourth-order valence-corrected chi connectivity index (χ4v) is 3.14. The van der Waals surface area contributed by atoms with Crippen molar-refractivity contribution < 1.29 is 18.3 Å². The molecule has 5 nitrogen and oxygen atoms in total. The minimum Gasteiger partial charge on any atom is -0.511 e. The standard InChI is InChI=1S/C10H9NO4S/c1-6(12)9-10(13)11-7-4-2-3-5-8(7)16(9,14)15/h2-5,12H,1H3,(H,11,13)/b9-6-. The monoisotopic (exact) mass is 239 g/mol. The third kappa shape index (κ3) is 1.38. The minimum atomic E-state index is -3.91. The van der Waals surface area contributed by atoms with Gasteiger partial charge in [-0.15, -0.1) is 0 Å². The van der Waals surface area contributed by atoms with E-state index >= 15 is 0 Å². The van der Waals surface area contributed by atoms with Gasteiger partial charge in [0.05, 0.1) is 10.6 Å². The van der Waals surface area contributed by atoms with Crippen molar-refractivity contribution in [3.05, 3.63) is 34.9 Å². The number of hydrogen-bond donors (Lipinski definition) is 2. The number of fused-ring (bicyclic) bond motifs is 1. The Morgan fingerprint density at radius 2 is 1.94 bits per heavy atom. The third-order valence-electron chi connectivity index (χ3n) is 2.23. The molecule has 1 aromatic rings. The number of sulfone groups is 1. The second kappa shape index (κ2) is 3.34. The first-order chi connectivity index (χ1) is 7.44. The number of benzene rings is 1. The predicted molar refractivity (Wildman–Crippen MR) is 57.6 cm³/mol. The summed E-state index contributed by atoms with van der Waals surface area (Å²) in [5.41, 5.74) is 0.234. The molecule has 1 aromatic carbocycles. The van der Waals surface area contributed by atoms with Crippen molar-refractivity contribution in [3.63, 3.8) is 0 Å². The van der Waals surface area contributed by atoms with Crippen LogP contribution in [0.25, 0.3) is 0 Å². The molecule has 0 saturated heterocycles. The molecule has 2 N–H and O–H groups in total. The van der Waals surface area contributed by atoms with E-state index < -0.39 is 26.4 Å². The molecule has 16 heavy (non-hydrogen) atoms. The molecule has 0 unspecified atom stereocenters. The van der Waals surface area contributed by atoms with Crippen molar-refractivity contribution >= 4 is 21.4 Å². The van der Waals surface area contributed by atoms with E-state index in [4.69, 9.17) is 0 Å². The lowest BCUT2D eigenvalue weighted by Crippen LogP contribution is -2.28. The topological polar surface area (TPSA) is 83.5 Å². The van der Waals surface area contributed by atoms with Gasteiger partial charge >= 0.3 is 0 Å². The SMILES string of the molecule is C/C(O)=C1\C(=O)Nc2ccccc2S1(=O)=O. The summed E-state index contributed by atoms with van der Waals surface area (Å²) in [5.74, 6) is -1.31. The highest BCUT2D eigenvalue weighted by molar-refractivity contribution is 7.96. The number of carbonyl (C=O) groups excluding carboxylic acids is 1. The van der Waals surface area contributed by atoms with Crippen molar-refractivity contribution in [3.8, 4) is 0 Å². The van der Waals surface area contributed by atoms with Crippen LogP contribution < -0.4 is 5.32 Å². The van der Waals surface area contributed by atoms with Crippen LogP contribution in [0.15, 0.2) is 39.8 Å². The van der Waals surface area contributed by atoms with Gasteiger partial charge in [-0.1, -0.05) is 12.1 Å². The summed E-state index contributed by atoms with van der Waals surface area (Å²) < 4.78 is 24.0. The molecule has 1 aliphatic heterocycles. The Morgan fingerprint density at radius 3 is 2.56 bits per heavy atom. The molecule has 1 heterocycles. The maximum absolute atomic E-state index is 12.0. The van der Waals surface area contributed by atoms with Crippen LogP contribution in [-0.2, 0) is 14.6 Å². The number of anilines is 1. The molecular formula is C10H9NO4S. The Bertz CT molecular complexity index is 597. The van der Waals surface area contributed by atoms with E-state index in [1.807, 2.05) is 0 Å². The molecule has 6 heteroatoms. The smallest absolute Gasteiger partial charge is 0.271 e. The molecule has 2 rings (SSSR count). The van der Waals surface area contributed by atoms with E-state index in [0.29, 0.717) is 0 Å². The molecule has 1 aliphatic rings. The lowest BCUT2D eigenvalue weighted by Gasteiger charge is -2.19. The maximum Gasteiger partial charge on any atom is 0.271 e. The lowest BCUT2D eigenvalue weighted by molar-refractivity contribution is -0.112. The summed E-state index contributed by atoms with van der Waals surface area (Å²) in [4.78, 5) is 10.9. The molecule has 0 fully saturated rings. The number of nitrogens with one attached hydrogen (secondary N) is 1. The quantitative estimate of drug-likeness (QED) is 0.526. The summed E-state index contributed by atoms with van der Waals surface area (Å²) in [6.45, 7) is 1.17. The Morgan fingerprint density at radius 1 is 1.31 bits per heavy atom. The summed E-state index contributed by atoms with van der Waals surface area (Å²) in [7, 11) is -3.91. The molecule has 84 valence electrons. The average Bonchev–Trinajstić information content (AvgIpc) is 2.15.